The van der Waals surface area contributed by atoms with Gasteiger partial charge in [-0.25, -0.2) is 4.39 Å². The van der Waals surface area contributed by atoms with Gasteiger partial charge in [-0.05, 0) is 51.2 Å². The number of hydrogen-bond acceptors (Lipinski definition) is 4. The SMILES string of the molecule is COc1ccc(CC(CCN(C)C)NN)cc1F. The highest BCUT2D eigenvalue weighted by molar-refractivity contribution is 5.29. The average Bonchev–Trinajstić information content (AvgIpc) is 2.34. The molecule has 3 N–H and O–H groups in total. The summed E-state index contributed by atoms with van der Waals surface area (Å²) in [6, 6.07) is 5.14. The van der Waals surface area contributed by atoms with E-state index in [0.29, 0.717) is 6.42 Å². The fourth-order valence-electron chi connectivity index (χ4n) is 1.78. The van der Waals surface area contributed by atoms with E-state index in [4.69, 9.17) is 10.6 Å². The van der Waals surface area contributed by atoms with E-state index in [-0.39, 0.29) is 17.6 Å². The maximum Gasteiger partial charge on any atom is 0.165 e. The van der Waals surface area contributed by atoms with E-state index in [0.717, 1.165) is 18.5 Å². The normalized spacial score (nSPS) is 12.8. The molecule has 0 fully saturated rings. The second kappa shape index (κ2) is 7.31. The molecule has 1 aromatic carbocycles. The van der Waals surface area contributed by atoms with Gasteiger partial charge in [0.15, 0.2) is 11.6 Å². The number of rotatable bonds is 7. The molecular formula is C13H22FN3O. The first-order chi connectivity index (χ1) is 8.56. The summed E-state index contributed by atoms with van der Waals surface area (Å²) in [4.78, 5) is 2.10. The lowest BCUT2D eigenvalue weighted by Crippen LogP contribution is -2.38. The third-order valence-electron chi connectivity index (χ3n) is 2.86. The molecule has 0 aliphatic rings. The Morgan fingerprint density at radius 2 is 2.17 bits per heavy atom. The minimum atomic E-state index is -0.335. The molecule has 0 heterocycles. The van der Waals surface area contributed by atoms with E-state index >= 15 is 0 Å². The number of nitrogens with one attached hydrogen (secondary N) is 1. The molecule has 0 radical (unpaired) electrons. The Bertz CT molecular complexity index is 371. The summed E-state index contributed by atoms with van der Waals surface area (Å²) in [5.74, 6) is 5.45. The lowest BCUT2D eigenvalue weighted by Gasteiger charge is -2.18. The number of hydrazine groups is 1. The van der Waals surface area contributed by atoms with Crippen molar-refractivity contribution in [1.82, 2.24) is 10.3 Å². The molecule has 1 atom stereocenters. The molecule has 0 aliphatic heterocycles. The van der Waals surface area contributed by atoms with Crippen molar-refractivity contribution < 1.29 is 9.13 Å². The van der Waals surface area contributed by atoms with Crippen LogP contribution in [0.4, 0.5) is 4.39 Å². The predicted octanol–water partition coefficient (Wildman–Crippen LogP) is 1.16. The van der Waals surface area contributed by atoms with Crippen molar-refractivity contribution in [1.29, 1.82) is 0 Å². The number of ether oxygens (including phenoxy) is 1. The van der Waals surface area contributed by atoms with Gasteiger partial charge in [-0.3, -0.25) is 11.3 Å². The van der Waals surface area contributed by atoms with Gasteiger partial charge in [0.2, 0.25) is 0 Å². The molecule has 0 bridgehead atoms. The van der Waals surface area contributed by atoms with Crippen molar-refractivity contribution in [2.75, 3.05) is 27.7 Å². The zero-order valence-electron chi connectivity index (χ0n) is 11.2. The minimum absolute atomic E-state index is 0.139. The van der Waals surface area contributed by atoms with Gasteiger partial charge in [0.25, 0.3) is 0 Å². The fourth-order valence-corrected chi connectivity index (χ4v) is 1.78. The molecule has 0 saturated carbocycles. The summed E-state index contributed by atoms with van der Waals surface area (Å²) < 4.78 is 18.4. The summed E-state index contributed by atoms with van der Waals surface area (Å²) in [6.45, 7) is 0.938. The quantitative estimate of drug-likeness (QED) is 0.567. The van der Waals surface area contributed by atoms with Crippen LogP contribution in [0.1, 0.15) is 12.0 Å². The molecule has 102 valence electrons. The van der Waals surface area contributed by atoms with E-state index in [9.17, 15) is 4.39 Å². The fraction of sp³-hybridized carbons (Fsp3) is 0.538. The van der Waals surface area contributed by atoms with Gasteiger partial charge < -0.3 is 9.64 Å². The van der Waals surface area contributed by atoms with Crippen LogP contribution in [-0.2, 0) is 6.42 Å². The highest BCUT2D eigenvalue weighted by atomic mass is 19.1. The molecule has 0 spiro atoms. The van der Waals surface area contributed by atoms with E-state index < -0.39 is 0 Å². The summed E-state index contributed by atoms with van der Waals surface area (Å²) in [5.41, 5.74) is 3.69. The maximum atomic E-state index is 13.5. The van der Waals surface area contributed by atoms with Gasteiger partial charge in [-0.15, -0.1) is 0 Å². The molecule has 1 aromatic rings. The topological polar surface area (TPSA) is 50.5 Å². The number of hydrogen-bond donors (Lipinski definition) is 2. The smallest absolute Gasteiger partial charge is 0.165 e. The van der Waals surface area contributed by atoms with Gasteiger partial charge in [0.1, 0.15) is 0 Å². The minimum Gasteiger partial charge on any atom is -0.494 e. The molecule has 4 nitrogen and oxygen atoms in total. The summed E-state index contributed by atoms with van der Waals surface area (Å²) in [7, 11) is 5.49. The van der Waals surface area contributed by atoms with Crippen molar-refractivity contribution in [3.8, 4) is 5.75 Å². The lowest BCUT2D eigenvalue weighted by atomic mass is 10.0. The van der Waals surface area contributed by atoms with Gasteiger partial charge >= 0.3 is 0 Å². The number of nitrogens with two attached hydrogens (primary N) is 1. The number of nitrogens with zero attached hydrogens (tertiary/aromatic N) is 1. The standard InChI is InChI=1S/C13H22FN3O/c1-17(2)7-6-11(16-15)8-10-4-5-13(18-3)12(14)9-10/h4-5,9,11,16H,6-8,15H2,1-3H3. The van der Waals surface area contributed by atoms with E-state index in [1.54, 1.807) is 6.07 Å². The highest BCUT2D eigenvalue weighted by Crippen LogP contribution is 2.18. The van der Waals surface area contributed by atoms with Gasteiger partial charge in [-0.2, -0.15) is 0 Å². The largest absolute Gasteiger partial charge is 0.494 e. The molecule has 18 heavy (non-hydrogen) atoms. The van der Waals surface area contributed by atoms with Crippen LogP contribution in [0.2, 0.25) is 0 Å². The van der Waals surface area contributed by atoms with Crippen molar-refractivity contribution >= 4 is 0 Å². The Balaban J connectivity index is 2.61. The predicted molar refractivity (Wildman–Crippen MR) is 70.9 cm³/mol. The van der Waals surface area contributed by atoms with Crippen molar-refractivity contribution in [2.45, 2.75) is 18.9 Å². The van der Waals surface area contributed by atoms with Crippen LogP contribution in [-0.4, -0.2) is 38.7 Å². The molecule has 0 amide bonds. The van der Waals surface area contributed by atoms with E-state index in [1.807, 2.05) is 20.2 Å². The van der Waals surface area contributed by atoms with Crippen LogP contribution >= 0.6 is 0 Å². The average molecular weight is 255 g/mol. The van der Waals surface area contributed by atoms with Gasteiger partial charge in [0, 0.05) is 6.04 Å². The summed E-state index contributed by atoms with van der Waals surface area (Å²) >= 11 is 0. The van der Waals surface area contributed by atoms with E-state index in [1.165, 1.54) is 13.2 Å². The van der Waals surface area contributed by atoms with Crippen LogP contribution in [0.3, 0.4) is 0 Å². The molecule has 1 unspecified atom stereocenters. The molecule has 0 aromatic heterocycles. The third kappa shape index (κ3) is 4.60. The molecule has 0 saturated heterocycles. The Kier molecular flexibility index (Phi) is 6.04. The number of halogens is 1. The Morgan fingerprint density at radius 1 is 1.44 bits per heavy atom. The molecule has 1 rings (SSSR count). The van der Waals surface area contributed by atoms with Gasteiger partial charge in [-0.1, -0.05) is 6.07 Å². The van der Waals surface area contributed by atoms with Crippen LogP contribution in [0, 0.1) is 5.82 Å². The van der Waals surface area contributed by atoms with Crippen molar-refractivity contribution in [3.63, 3.8) is 0 Å². The third-order valence-corrected chi connectivity index (χ3v) is 2.86. The first-order valence-corrected chi connectivity index (χ1v) is 6.00. The van der Waals surface area contributed by atoms with Crippen molar-refractivity contribution in [3.05, 3.63) is 29.6 Å². The highest BCUT2D eigenvalue weighted by Gasteiger charge is 2.10. The first kappa shape index (κ1) is 14.9. The van der Waals surface area contributed by atoms with E-state index in [2.05, 4.69) is 10.3 Å². The Labute approximate surface area is 108 Å². The second-order valence-electron chi connectivity index (χ2n) is 4.63. The monoisotopic (exact) mass is 255 g/mol. The Morgan fingerprint density at radius 3 is 2.67 bits per heavy atom. The molecule has 0 aliphatic carbocycles. The van der Waals surface area contributed by atoms with Crippen LogP contribution in [0.25, 0.3) is 0 Å². The van der Waals surface area contributed by atoms with Crippen LogP contribution in [0.5, 0.6) is 5.75 Å². The van der Waals surface area contributed by atoms with Crippen LogP contribution in [0.15, 0.2) is 18.2 Å². The lowest BCUT2D eigenvalue weighted by molar-refractivity contribution is 0.357. The molecule has 5 heteroatoms. The van der Waals surface area contributed by atoms with Crippen molar-refractivity contribution in [2.24, 2.45) is 5.84 Å². The number of benzene rings is 1. The summed E-state index contributed by atoms with van der Waals surface area (Å²) in [5, 5.41) is 0. The maximum absolute atomic E-state index is 13.5. The summed E-state index contributed by atoms with van der Waals surface area (Å²) in [6.07, 6.45) is 1.61. The van der Waals surface area contributed by atoms with Crippen LogP contribution < -0.4 is 16.0 Å². The Hall–Kier alpha value is -1.17. The first-order valence-electron chi connectivity index (χ1n) is 6.00. The number of methoxy groups -OCH3 is 1. The van der Waals surface area contributed by atoms with Gasteiger partial charge in [0.05, 0.1) is 7.11 Å². The second-order valence-corrected chi connectivity index (χ2v) is 4.63. The zero-order valence-corrected chi connectivity index (χ0v) is 11.2. The molecular weight excluding hydrogens is 233 g/mol. The zero-order chi connectivity index (χ0) is 13.5.